The lowest BCUT2D eigenvalue weighted by Crippen LogP contribution is -2.32. The number of nitrogens with one attached hydrogen (secondary N) is 2. The molecule has 1 rings (SSSR count). The highest BCUT2D eigenvalue weighted by molar-refractivity contribution is 5.78. The predicted octanol–water partition coefficient (Wildman–Crippen LogP) is 1.85. The summed E-state index contributed by atoms with van der Waals surface area (Å²) >= 11 is 0. The molecule has 118 valence electrons. The third-order valence-electron chi connectivity index (χ3n) is 2.55. The SMILES string of the molecule is CNC(=O)Cc1ccc(C#CCNC(=O)OC(C)(C)C)cc1. The molecule has 0 aliphatic rings. The Bertz CT molecular complexity index is 575. The fraction of sp³-hybridized carbons (Fsp3) is 0.412. The molecular weight excluding hydrogens is 280 g/mol. The van der Waals surface area contributed by atoms with Crippen molar-refractivity contribution in [3.63, 3.8) is 0 Å². The summed E-state index contributed by atoms with van der Waals surface area (Å²) in [5.74, 6) is 5.76. The Morgan fingerprint density at radius 3 is 2.36 bits per heavy atom. The Hall–Kier alpha value is -2.48. The smallest absolute Gasteiger partial charge is 0.408 e. The van der Waals surface area contributed by atoms with Crippen LogP contribution in [0.2, 0.25) is 0 Å². The molecule has 2 amide bonds. The molecule has 2 N–H and O–H groups in total. The average Bonchev–Trinajstić information content (AvgIpc) is 2.43. The number of benzene rings is 1. The van der Waals surface area contributed by atoms with Crippen LogP contribution >= 0.6 is 0 Å². The van der Waals surface area contributed by atoms with Gasteiger partial charge in [0.25, 0.3) is 0 Å². The van der Waals surface area contributed by atoms with Crippen LogP contribution in [-0.4, -0.2) is 31.2 Å². The minimum Gasteiger partial charge on any atom is -0.444 e. The molecule has 0 saturated heterocycles. The van der Waals surface area contributed by atoms with Crippen molar-refractivity contribution in [1.82, 2.24) is 10.6 Å². The summed E-state index contributed by atoms with van der Waals surface area (Å²) in [6.07, 6.45) is -0.132. The van der Waals surface area contributed by atoms with Gasteiger partial charge in [0, 0.05) is 12.6 Å². The Balaban J connectivity index is 2.45. The fourth-order valence-corrected chi connectivity index (χ4v) is 1.56. The number of carbonyl (C=O) groups excluding carboxylic acids is 2. The molecule has 22 heavy (non-hydrogen) atoms. The van der Waals surface area contributed by atoms with Crippen molar-refractivity contribution in [3.8, 4) is 11.8 Å². The molecule has 0 fully saturated rings. The van der Waals surface area contributed by atoms with Crippen molar-refractivity contribution < 1.29 is 14.3 Å². The van der Waals surface area contributed by atoms with E-state index in [2.05, 4.69) is 22.5 Å². The van der Waals surface area contributed by atoms with Crippen molar-refractivity contribution in [1.29, 1.82) is 0 Å². The minimum absolute atomic E-state index is 0.0274. The Morgan fingerprint density at radius 2 is 1.82 bits per heavy atom. The lowest BCUT2D eigenvalue weighted by atomic mass is 10.1. The van der Waals surface area contributed by atoms with Crippen LogP contribution in [0.3, 0.4) is 0 Å². The molecule has 0 unspecified atom stereocenters. The molecule has 5 nitrogen and oxygen atoms in total. The van der Waals surface area contributed by atoms with Gasteiger partial charge in [0.1, 0.15) is 5.60 Å². The molecule has 1 aromatic carbocycles. The molecule has 0 spiro atoms. The second-order valence-electron chi connectivity index (χ2n) is 5.70. The summed E-state index contributed by atoms with van der Waals surface area (Å²) in [7, 11) is 1.61. The first kappa shape index (κ1) is 17.6. The monoisotopic (exact) mass is 302 g/mol. The van der Waals surface area contributed by atoms with Gasteiger partial charge in [-0.3, -0.25) is 4.79 Å². The van der Waals surface area contributed by atoms with Crippen molar-refractivity contribution >= 4 is 12.0 Å². The third-order valence-corrected chi connectivity index (χ3v) is 2.55. The summed E-state index contributed by atoms with van der Waals surface area (Å²) in [5.41, 5.74) is 1.24. The van der Waals surface area contributed by atoms with Gasteiger partial charge in [0.2, 0.25) is 5.91 Å². The summed E-state index contributed by atoms with van der Waals surface area (Å²) < 4.78 is 5.10. The molecule has 0 aliphatic carbocycles. The molecule has 0 radical (unpaired) electrons. The maximum atomic E-state index is 11.4. The van der Waals surface area contributed by atoms with E-state index in [0.29, 0.717) is 6.42 Å². The van der Waals surface area contributed by atoms with Gasteiger partial charge in [-0.15, -0.1) is 0 Å². The number of ether oxygens (including phenoxy) is 1. The van der Waals surface area contributed by atoms with Crippen molar-refractivity contribution in [2.75, 3.05) is 13.6 Å². The van der Waals surface area contributed by atoms with Gasteiger partial charge >= 0.3 is 6.09 Å². The Labute approximate surface area is 131 Å². The van der Waals surface area contributed by atoms with Gasteiger partial charge < -0.3 is 15.4 Å². The number of hydrogen-bond donors (Lipinski definition) is 2. The van der Waals surface area contributed by atoms with Gasteiger partial charge in [0.15, 0.2) is 0 Å². The highest BCUT2D eigenvalue weighted by Crippen LogP contribution is 2.06. The maximum absolute atomic E-state index is 11.4. The van der Waals surface area contributed by atoms with Gasteiger partial charge in [-0.1, -0.05) is 24.0 Å². The fourth-order valence-electron chi connectivity index (χ4n) is 1.56. The van der Waals surface area contributed by atoms with E-state index < -0.39 is 11.7 Å². The van der Waals surface area contributed by atoms with Crippen LogP contribution in [0.5, 0.6) is 0 Å². The molecule has 1 aromatic rings. The first-order valence-electron chi connectivity index (χ1n) is 7.05. The quantitative estimate of drug-likeness (QED) is 0.837. The summed E-state index contributed by atoms with van der Waals surface area (Å²) in [5, 5.41) is 5.14. The predicted molar refractivity (Wildman–Crippen MR) is 85.3 cm³/mol. The Kier molecular flexibility index (Phi) is 6.46. The second-order valence-corrected chi connectivity index (χ2v) is 5.70. The van der Waals surface area contributed by atoms with E-state index >= 15 is 0 Å². The highest BCUT2D eigenvalue weighted by atomic mass is 16.6. The van der Waals surface area contributed by atoms with Crippen molar-refractivity contribution in [2.45, 2.75) is 32.8 Å². The number of likely N-dealkylation sites (N-methyl/N-ethyl adjacent to an activating group) is 1. The molecule has 0 bridgehead atoms. The van der Waals surface area contributed by atoms with Gasteiger partial charge in [-0.2, -0.15) is 0 Å². The van der Waals surface area contributed by atoms with Crippen LogP contribution in [0.1, 0.15) is 31.9 Å². The highest BCUT2D eigenvalue weighted by Gasteiger charge is 2.14. The van der Waals surface area contributed by atoms with Crippen molar-refractivity contribution in [3.05, 3.63) is 35.4 Å². The minimum atomic E-state index is -0.516. The molecular formula is C17H22N2O3. The maximum Gasteiger partial charge on any atom is 0.408 e. The number of rotatable bonds is 3. The number of hydrogen-bond acceptors (Lipinski definition) is 3. The largest absolute Gasteiger partial charge is 0.444 e. The lowest BCUT2D eigenvalue weighted by Gasteiger charge is -2.18. The molecule has 0 atom stereocenters. The summed E-state index contributed by atoms with van der Waals surface area (Å²) in [6, 6.07) is 7.42. The molecule has 0 aliphatic heterocycles. The van der Waals surface area contributed by atoms with Crippen LogP contribution in [0.15, 0.2) is 24.3 Å². The number of alkyl carbamates (subject to hydrolysis) is 1. The van der Waals surface area contributed by atoms with Gasteiger partial charge in [-0.25, -0.2) is 4.79 Å². The summed E-state index contributed by atoms with van der Waals surface area (Å²) in [6.45, 7) is 5.63. The third kappa shape index (κ3) is 7.34. The van der Waals surface area contributed by atoms with Crippen LogP contribution in [0.25, 0.3) is 0 Å². The van der Waals surface area contributed by atoms with Crippen LogP contribution in [0, 0.1) is 11.8 Å². The molecule has 0 saturated carbocycles. The average molecular weight is 302 g/mol. The zero-order valence-electron chi connectivity index (χ0n) is 13.4. The van der Waals surface area contributed by atoms with E-state index in [1.807, 2.05) is 24.3 Å². The first-order valence-corrected chi connectivity index (χ1v) is 7.05. The second kappa shape index (κ2) is 8.08. The van der Waals surface area contributed by atoms with E-state index in [9.17, 15) is 9.59 Å². The van der Waals surface area contributed by atoms with Crippen molar-refractivity contribution in [2.24, 2.45) is 0 Å². The van der Waals surface area contributed by atoms with E-state index in [-0.39, 0.29) is 12.5 Å². The van der Waals surface area contributed by atoms with E-state index in [1.54, 1.807) is 27.8 Å². The van der Waals surface area contributed by atoms with Crippen LogP contribution in [-0.2, 0) is 16.0 Å². The number of carbonyl (C=O) groups is 2. The topological polar surface area (TPSA) is 67.4 Å². The van der Waals surface area contributed by atoms with Crippen LogP contribution in [0.4, 0.5) is 4.79 Å². The first-order chi connectivity index (χ1) is 10.3. The Morgan fingerprint density at radius 1 is 1.18 bits per heavy atom. The van der Waals surface area contributed by atoms with E-state index in [4.69, 9.17) is 4.74 Å². The van der Waals surface area contributed by atoms with E-state index in [1.165, 1.54) is 0 Å². The normalized spacial score (nSPS) is 10.2. The summed E-state index contributed by atoms with van der Waals surface area (Å²) in [4.78, 5) is 22.7. The zero-order valence-corrected chi connectivity index (χ0v) is 13.4. The molecule has 0 aromatic heterocycles. The van der Waals surface area contributed by atoms with Gasteiger partial charge in [-0.05, 0) is 38.5 Å². The standard InChI is InChI=1S/C17H22N2O3/c1-17(2,3)22-16(21)19-11-5-6-13-7-9-14(10-8-13)12-15(20)18-4/h7-10H,11-12H2,1-4H3,(H,18,20)(H,19,21). The molecule has 5 heteroatoms. The molecule has 0 heterocycles. The lowest BCUT2D eigenvalue weighted by molar-refractivity contribution is -0.119. The number of amides is 2. The van der Waals surface area contributed by atoms with E-state index in [0.717, 1.165) is 11.1 Å². The zero-order chi connectivity index (χ0) is 16.6. The van der Waals surface area contributed by atoms with Gasteiger partial charge in [0.05, 0.1) is 13.0 Å². The van der Waals surface area contributed by atoms with Crippen LogP contribution < -0.4 is 10.6 Å².